The van der Waals surface area contributed by atoms with Gasteiger partial charge in [0.15, 0.2) is 0 Å². The molecule has 0 aliphatic heterocycles. The van der Waals surface area contributed by atoms with Gasteiger partial charge in [0, 0.05) is 0 Å². The van der Waals surface area contributed by atoms with Gasteiger partial charge in [0.1, 0.15) is 12.2 Å². The number of hydrogen-bond acceptors (Lipinski definition) is 4. The molecule has 2 aromatic rings. The zero-order valence-corrected chi connectivity index (χ0v) is 10.5. The first-order valence-electron chi connectivity index (χ1n) is 5.85. The number of amides is 1. The molecule has 0 saturated heterocycles. The van der Waals surface area contributed by atoms with Gasteiger partial charge in [-0.3, -0.25) is 10.1 Å². The van der Waals surface area contributed by atoms with E-state index in [0.717, 1.165) is 5.56 Å². The highest BCUT2D eigenvalue weighted by Gasteiger charge is 2.20. The van der Waals surface area contributed by atoms with Crippen LogP contribution in [0.4, 0.5) is 6.01 Å². The third-order valence-corrected chi connectivity index (χ3v) is 2.60. The van der Waals surface area contributed by atoms with Crippen LogP contribution in [-0.4, -0.2) is 10.9 Å². The number of rotatable bonds is 4. The number of nitriles is 1. The molecule has 1 N–H and O–H groups in total. The van der Waals surface area contributed by atoms with Crippen LogP contribution in [0.1, 0.15) is 11.3 Å². The minimum atomic E-state index is -0.769. The molecular weight excluding hydrogens is 242 g/mol. The van der Waals surface area contributed by atoms with E-state index < -0.39 is 11.8 Å². The quantitative estimate of drug-likeness (QED) is 0.909. The molecule has 1 amide bonds. The van der Waals surface area contributed by atoms with E-state index in [1.54, 1.807) is 6.92 Å². The summed E-state index contributed by atoms with van der Waals surface area (Å²) in [7, 11) is 0. The minimum Gasteiger partial charge on any atom is -0.432 e. The fraction of sp³-hybridized carbons (Fsp3) is 0.214. The highest BCUT2D eigenvalue weighted by atomic mass is 16.4. The van der Waals surface area contributed by atoms with Crippen molar-refractivity contribution in [3.05, 3.63) is 47.9 Å². The lowest BCUT2D eigenvalue weighted by Crippen LogP contribution is -2.23. The molecule has 1 aromatic heterocycles. The van der Waals surface area contributed by atoms with E-state index in [9.17, 15) is 4.79 Å². The Morgan fingerprint density at radius 1 is 1.47 bits per heavy atom. The normalized spacial score (nSPS) is 11.6. The second-order valence-corrected chi connectivity index (χ2v) is 4.15. The number of carbonyl (C=O) groups excluding carboxylic acids is 1. The van der Waals surface area contributed by atoms with Gasteiger partial charge in [0.05, 0.1) is 11.8 Å². The largest absolute Gasteiger partial charge is 0.432 e. The number of nitrogens with one attached hydrogen (secondary N) is 1. The third kappa shape index (κ3) is 3.42. The molecule has 1 atom stereocenters. The van der Waals surface area contributed by atoms with Gasteiger partial charge in [-0.15, -0.1) is 0 Å². The zero-order chi connectivity index (χ0) is 13.7. The Balaban J connectivity index is 2.02. The van der Waals surface area contributed by atoms with Crippen molar-refractivity contribution in [1.29, 1.82) is 5.26 Å². The molecule has 0 saturated carbocycles. The number of oxazole rings is 1. The van der Waals surface area contributed by atoms with Crippen LogP contribution >= 0.6 is 0 Å². The molecule has 0 spiro atoms. The first-order valence-corrected chi connectivity index (χ1v) is 5.85. The van der Waals surface area contributed by atoms with Crippen molar-refractivity contribution in [2.45, 2.75) is 13.3 Å². The molecule has 0 aliphatic rings. The van der Waals surface area contributed by atoms with Crippen molar-refractivity contribution in [2.24, 2.45) is 5.92 Å². The Bertz CT molecular complexity index is 599. The smallest absolute Gasteiger partial charge is 0.301 e. The standard InChI is InChI=1S/C14H13N3O2/c1-10-9-19-14(16-10)17-13(18)12(8-15)7-11-5-3-2-4-6-11/h2-6,9,12H,7H2,1H3,(H,16,17,18). The molecule has 0 radical (unpaired) electrons. The van der Waals surface area contributed by atoms with E-state index in [0.29, 0.717) is 12.1 Å². The highest BCUT2D eigenvalue weighted by Crippen LogP contribution is 2.12. The first kappa shape index (κ1) is 12.8. The number of aromatic nitrogens is 1. The molecule has 19 heavy (non-hydrogen) atoms. The number of aryl methyl sites for hydroxylation is 1. The van der Waals surface area contributed by atoms with Crippen molar-refractivity contribution in [3.63, 3.8) is 0 Å². The second-order valence-electron chi connectivity index (χ2n) is 4.15. The van der Waals surface area contributed by atoms with E-state index >= 15 is 0 Å². The zero-order valence-electron chi connectivity index (χ0n) is 10.5. The summed E-state index contributed by atoms with van der Waals surface area (Å²) < 4.78 is 5.03. The van der Waals surface area contributed by atoms with Crippen LogP contribution in [0.15, 0.2) is 41.0 Å². The van der Waals surface area contributed by atoms with Crippen molar-refractivity contribution in [2.75, 3.05) is 5.32 Å². The summed E-state index contributed by atoms with van der Waals surface area (Å²) in [5.74, 6) is -1.18. The maximum absolute atomic E-state index is 11.9. The van der Waals surface area contributed by atoms with E-state index in [1.165, 1.54) is 6.26 Å². The lowest BCUT2D eigenvalue weighted by Gasteiger charge is -2.07. The van der Waals surface area contributed by atoms with Crippen LogP contribution in [0.25, 0.3) is 0 Å². The highest BCUT2D eigenvalue weighted by molar-refractivity contribution is 5.92. The number of carbonyl (C=O) groups is 1. The van der Waals surface area contributed by atoms with Crippen LogP contribution in [0.3, 0.4) is 0 Å². The fourth-order valence-corrected chi connectivity index (χ4v) is 1.65. The fourth-order valence-electron chi connectivity index (χ4n) is 1.65. The van der Waals surface area contributed by atoms with Crippen LogP contribution in [-0.2, 0) is 11.2 Å². The van der Waals surface area contributed by atoms with E-state index in [-0.39, 0.29) is 6.01 Å². The Kier molecular flexibility index (Phi) is 3.94. The Morgan fingerprint density at radius 3 is 2.79 bits per heavy atom. The van der Waals surface area contributed by atoms with Crippen molar-refractivity contribution in [3.8, 4) is 6.07 Å². The third-order valence-electron chi connectivity index (χ3n) is 2.60. The maximum atomic E-state index is 11.9. The molecule has 0 aliphatic carbocycles. The van der Waals surface area contributed by atoms with Gasteiger partial charge in [-0.1, -0.05) is 30.3 Å². The van der Waals surface area contributed by atoms with Gasteiger partial charge >= 0.3 is 6.01 Å². The number of hydrogen-bond donors (Lipinski definition) is 1. The van der Waals surface area contributed by atoms with Crippen molar-refractivity contribution >= 4 is 11.9 Å². The van der Waals surface area contributed by atoms with Crippen LogP contribution in [0.2, 0.25) is 0 Å². The minimum absolute atomic E-state index is 0.121. The Morgan fingerprint density at radius 2 is 2.21 bits per heavy atom. The van der Waals surface area contributed by atoms with Crippen LogP contribution < -0.4 is 5.32 Å². The average Bonchev–Trinajstić information content (AvgIpc) is 2.82. The van der Waals surface area contributed by atoms with Gasteiger partial charge in [-0.2, -0.15) is 10.2 Å². The summed E-state index contributed by atoms with van der Waals surface area (Å²) in [4.78, 5) is 15.9. The predicted octanol–water partition coefficient (Wildman–Crippen LogP) is 2.30. The lowest BCUT2D eigenvalue weighted by molar-refractivity contribution is -0.118. The predicted molar refractivity (Wildman–Crippen MR) is 69.1 cm³/mol. The van der Waals surface area contributed by atoms with Crippen molar-refractivity contribution in [1.82, 2.24) is 4.98 Å². The molecule has 2 rings (SSSR count). The molecule has 5 heteroatoms. The summed E-state index contributed by atoms with van der Waals surface area (Å²) in [5.41, 5.74) is 1.61. The topological polar surface area (TPSA) is 78.9 Å². The number of nitrogens with zero attached hydrogens (tertiary/aromatic N) is 2. The summed E-state index contributed by atoms with van der Waals surface area (Å²) in [6, 6.07) is 11.5. The molecule has 96 valence electrons. The maximum Gasteiger partial charge on any atom is 0.301 e. The number of benzene rings is 1. The van der Waals surface area contributed by atoms with Gasteiger partial charge in [-0.05, 0) is 18.9 Å². The molecule has 0 bridgehead atoms. The molecule has 1 unspecified atom stereocenters. The lowest BCUT2D eigenvalue weighted by atomic mass is 10.00. The molecule has 1 aromatic carbocycles. The average molecular weight is 255 g/mol. The van der Waals surface area contributed by atoms with Gasteiger partial charge in [0.2, 0.25) is 5.91 Å². The first-order chi connectivity index (χ1) is 9.19. The van der Waals surface area contributed by atoms with Gasteiger partial charge < -0.3 is 4.42 Å². The summed E-state index contributed by atoms with van der Waals surface area (Å²) >= 11 is 0. The summed E-state index contributed by atoms with van der Waals surface area (Å²) in [5, 5.41) is 11.6. The van der Waals surface area contributed by atoms with Gasteiger partial charge in [0.25, 0.3) is 0 Å². The molecule has 5 nitrogen and oxygen atoms in total. The van der Waals surface area contributed by atoms with Gasteiger partial charge in [-0.25, -0.2) is 0 Å². The van der Waals surface area contributed by atoms with E-state index in [1.807, 2.05) is 36.4 Å². The number of anilines is 1. The second kappa shape index (κ2) is 5.83. The molecule has 0 fully saturated rings. The summed E-state index contributed by atoms with van der Waals surface area (Å²) in [6.45, 7) is 1.75. The monoisotopic (exact) mass is 255 g/mol. The van der Waals surface area contributed by atoms with Crippen LogP contribution in [0.5, 0.6) is 0 Å². The van der Waals surface area contributed by atoms with E-state index in [4.69, 9.17) is 9.68 Å². The Labute approximate surface area is 110 Å². The molecule has 1 heterocycles. The Hall–Kier alpha value is -2.61. The summed E-state index contributed by atoms with van der Waals surface area (Å²) in [6.07, 6.45) is 1.80. The van der Waals surface area contributed by atoms with Crippen LogP contribution in [0, 0.1) is 24.2 Å². The van der Waals surface area contributed by atoms with E-state index in [2.05, 4.69) is 10.3 Å². The molecular formula is C14H13N3O2. The van der Waals surface area contributed by atoms with Crippen molar-refractivity contribution < 1.29 is 9.21 Å². The SMILES string of the molecule is Cc1coc(NC(=O)C(C#N)Cc2ccccc2)n1.